The third-order valence-electron chi connectivity index (χ3n) is 3.47. The van der Waals surface area contributed by atoms with Crippen molar-refractivity contribution >= 4 is 5.82 Å². The summed E-state index contributed by atoms with van der Waals surface area (Å²) in [6.07, 6.45) is 1.68. The van der Waals surface area contributed by atoms with Crippen LogP contribution in [0.4, 0.5) is 5.82 Å². The Morgan fingerprint density at radius 1 is 1.09 bits per heavy atom. The molecule has 0 spiro atoms. The topological polar surface area (TPSA) is 84.8 Å². The molecule has 0 radical (unpaired) electrons. The first-order valence-electron chi connectivity index (χ1n) is 6.99. The van der Waals surface area contributed by atoms with E-state index in [2.05, 4.69) is 16.0 Å². The second-order valence-electron chi connectivity index (χ2n) is 4.87. The number of methoxy groups -OCH3 is 1. The zero-order valence-electron chi connectivity index (χ0n) is 12.5. The van der Waals surface area contributed by atoms with Crippen molar-refractivity contribution in [1.82, 2.24) is 9.97 Å². The molecule has 0 amide bonds. The molecule has 0 aliphatic carbocycles. The van der Waals surface area contributed by atoms with Gasteiger partial charge in [-0.2, -0.15) is 5.26 Å². The van der Waals surface area contributed by atoms with Crippen LogP contribution in [0.2, 0.25) is 0 Å². The maximum atomic E-state index is 9.39. The normalized spacial score (nSPS) is 10.1. The maximum Gasteiger partial charge on any atom is 0.142 e. The first-order valence-corrected chi connectivity index (χ1v) is 6.99. The summed E-state index contributed by atoms with van der Waals surface area (Å²) < 4.78 is 5.24. The maximum absolute atomic E-state index is 9.39. The van der Waals surface area contributed by atoms with Gasteiger partial charge in [-0.1, -0.05) is 18.2 Å². The van der Waals surface area contributed by atoms with E-state index in [1.54, 1.807) is 13.3 Å². The fourth-order valence-corrected chi connectivity index (χ4v) is 2.34. The molecule has 112 valence electrons. The van der Waals surface area contributed by atoms with Gasteiger partial charge in [-0.3, -0.25) is 4.98 Å². The molecule has 1 aromatic carbocycles. The highest BCUT2D eigenvalue weighted by atomic mass is 16.5. The summed E-state index contributed by atoms with van der Waals surface area (Å²) in [6, 6.07) is 17.0. The Hall–Kier alpha value is -3.39. The number of aromatic nitrogens is 2. The quantitative estimate of drug-likeness (QED) is 0.802. The van der Waals surface area contributed by atoms with Crippen LogP contribution in [0.1, 0.15) is 5.56 Å². The molecule has 5 nitrogen and oxygen atoms in total. The third kappa shape index (κ3) is 2.83. The van der Waals surface area contributed by atoms with Crippen molar-refractivity contribution in [3.8, 4) is 34.3 Å². The average molecular weight is 302 g/mol. The van der Waals surface area contributed by atoms with Gasteiger partial charge >= 0.3 is 0 Å². The van der Waals surface area contributed by atoms with Crippen LogP contribution in [0, 0.1) is 11.3 Å². The second kappa shape index (κ2) is 6.16. The fourth-order valence-electron chi connectivity index (χ4n) is 2.34. The molecule has 3 rings (SSSR count). The summed E-state index contributed by atoms with van der Waals surface area (Å²) in [5, 5.41) is 9.39. The number of hydrogen-bond donors (Lipinski definition) is 1. The lowest BCUT2D eigenvalue weighted by Crippen LogP contribution is -2.00. The summed E-state index contributed by atoms with van der Waals surface area (Å²) in [4.78, 5) is 8.66. The third-order valence-corrected chi connectivity index (χ3v) is 3.47. The van der Waals surface area contributed by atoms with E-state index in [1.807, 2.05) is 48.5 Å². The number of ether oxygens (including phenoxy) is 1. The number of nitriles is 1. The van der Waals surface area contributed by atoms with Gasteiger partial charge in [-0.05, 0) is 30.3 Å². The number of nitrogens with two attached hydrogens (primary N) is 1. The summed E-state index contributed by atoms with van der Waals surface area (Å²) in [5.41, 5.74) is 9.19. The lowest BCUT2D eigenvalue weighted by Gasteiger charge is -2.10. The average Bonchev–Trinajstić information content (AvgIpc) is 2.61. The Labute approximate surface area is 134 Å². The lowest BCUT2D eigenvalue weighted by atomic mass is 10.0. The molecule has 0 aliphatic heterocycles. The molecule has 2 heterocycles. The molecular weight excluding hydrogens is 288 g/mol. The molecule has 0 saturated carbocycles. The smallest absolute Gasteiger partial charge is 0.142 e. The molecule has 0 unspecified atom stereocenters. The predicted octanol–water partition coefficient (Wildman–Crippen LogP) is 3.27. The minimum absolute atomic E-state index is 0.188. The number of hydrogen-bond acceptors (Lipinski definition) is 5. The lowest BCUT2D eigenvalue weighted by molar-refractivity contribution is 0.415. The number of nitrogens with zero attached hydrogens (tertiary/aromatic N) is 3. The highest BCUT2D eigenvalue weighted by Crippen LogP contribution is 2.31. The van der Waals surface area contributed by atoms with Crippen molar-refractivity contribution in [3.05, 3.63) is 60.3 Å². The monoisotopic (exact) mass is 302 g/mol. The van der Waals surface area contributed by atoms with Gasteiger partial charge in [0, 0.05) is 17.3 Å². The van der Waals surface area contributed by atoms with Crippen LogP contribution in [0.15, 0.2) is 54.7 Å². The zero-order valence-corrected chi connectivity index (χ0v) is 12.5. The molecule has 2 N–H and O–H groups in total. The van der Waals surface area contributed by atoms with Crippen LogP contribution in [0.5, 0.6) is 5.75 Å². The van der Waals surface area contributed by atoms with Crippen LogP contribution < -0.4 is 10.5 Å². The van der Waals surface area contributed by atoms with E-state index >= 15 is 0 Å². The van der Waals surface area contributed by atoms with Gasteiger partial charge in [0.25, 0.3) is 0 Å². The minimum atomic E-state index is 0.188. The SMILES string of the molecule is COc1cccc(-c2cc(-c3ccccn3)c(C#N)c(N)n2)c1. The number of pyridine rings is 2. The van der Waals surface area contributed by atoms with Gasteiger partial charge in [-0.25, -0.2) is 4.98 Å². The van der Waals surface area contributed by atoms with Crippen molar-refractivity contribution in [3.63, 3.8) is 0 Å². The van der Waals surface area contributed by atoms with E-state index < -0.39 is 0 Å². The second-order valence-corrected chi connectivity index (χ2v) is 4.87. The van der Waals surface area contributed by atoms with Crippen molar-refractivity contribution < 1.29 is 4.74 Å². The molecular formula is C18H14N4O. The molecule has 2 aromatic heterocycles. The van der Waals surface area contributed by atoms with E-state index in [0.717, 1.165) is 11.3 Å². The van der Waals surface area contributed by atoms with E-state index in [0.29, 0.717) is 22.5 Å². The van der Waals surface area contributed by atoms with Gasteiger partial charge in [0.2, 0.25) is 0 Å². The van der Waals surface area contributed by atoms with E-state index in [1.165, 1.54) is 0 Å². The van der Waals surface area contributed by atoms with Crippen molar-refractivity contribution in [2.75, 3.05) is 12.8 Å². The Bertz CT molecular complexity index is 885. The van der Waals surface area contributed by atoms with E-state index in [4.69, 9.17) is 10.5 Å². The minimum Gasteiger partial charge on any atom is -0.497 e. The summed E-state index contributed by atoms with van der Waals surface area (Å²) in [6.45, 7) is 0. The first kappa shape index (κ1) is 14.5. The van der Waals surface area contributed by atoms with E-state index in [9.17, 15) is 5.26 Å². The molecule has 3 aromatic rings. The molecule has 0 saturated heterocycles. The van der Waals surface area contributed by atoms with Crippen molar-refractivity contribution in [2.24, 2.45) is 0 Å². The predicted molar refractivity (Wildman–Crippen MR) is 88.6 cm³/mol. The van der Waals surface area contributed by atoms with Crippen LogP contribution in [0.3, 0.4) is 0 Å². The number of nitrogen functional groups attached to an aromatic ring is 1. The van der Waals surface area contributed by atoms with Gasteiger partial charge in [0.1, 0.15) is 23.2 Å². The van der Waals surface area contributed by atoms with Gasteiger partial charge in [0.05, 0.1) is 18.5 Å². The van der Waals surface area contributed by atoms with Gasteiger partial charge < -0.3 is 10.5 Å². The van der Waals surface area contributed by atoms with Crippen LogP contribution in [0.25, 0.3) is 22.5 Å². The molecule has 0 bridgehead atoms. The van der Waals surface area contributed by atoms with Gasteiger partial charge in [-0.15, -0.1) is 0 Å². The largest absolute Gasteiger partial charge is 0.497 e. The summed E-state index contributed by atoms with van der Waals surface area (Å²) in [7, 11) is 1.61. The summed E-state index contributed by atoms with van der Waals surface area (Å²) in [5.74, 6) is 0.917. The van der Waals surface area contributed by atoms with Crippen molar-refractivity contribution in [1.29, 1.82) is 5.26 Å². The zero-order chi connectivity index (χ0) is 16.2. The Morgan fingerprint density at radius 3 is 2.65 bits per heavy atom. The standard InChI is InChI=1S/C18H14N4O/c1-23-13-6-4-5-12(9-13)17-10-14(15(11-19)18(20)22-17)16-7-2-3-8-21-16/h2-10H,1H3,(H2,20,22). The molecule has 0 aliphatic rings. The Balaban J connectivity index is 2.21. The highest BCUT2D eigenvalue weighted by Gasteiger charge is 2.14. The number of anilines is 1. The van der Waals surface area contributed by atoms with Crippen LogP contribution in [-0.2, 0) is 0 Å². The summed E-state index contributed by atoms with van der Waals surface area (Å²) >= 11 is 0. The molecule has 0 atom stereocenters. The molecule has 5 heteroatoms. The number of benzene rings is 1. The van der Waals surface area contributed by atoms with Gasteiger partial charge in [0.15, 0.2) is 0 Å². The Morgan fingerprint density at radius 2 is 1.96 bits per heavy atom. The number of rotatable bonds is 3. The highest BCUT2D eigenvalue weighted by molar-refractivity contribution is 5.78. The van der Waals surface area contributed by atoms with Crippen LogP contribution >= 0.6 is 0 Å². The molecule has 23 heavy (non-hydrogen) atoms. The van der Waals surface area contributed by atoms with Crippen LogP contribution in [-0.4, -0.2) is 17.1 Å². The molecule has 0 fully saturated rings. The fraction of sp³-hybridized carbons (Fsp3) is 0.0556. The first-order chi connectivity index (χ1) is 11.2. The Kier molecular flexibility index (Phi) is 3.89. The van der Waals surface area contributed by atoms with Crippen molar-refractivity contribution in [2.45, 2.75) is 0 Å². The van der Waals surface area contributed by atoms with E-state index in [-0.39, 0.29) is 5.82 Å².